The Morgan fingerprint density at radius 2 is 1.15 bits per heavy atom. The molecule has 22 heteroatoms. The number of carbonyl (C=O) groups excluding carboxylic acids is 1. The number of halogens is 18. The maximum Gasteiger partial charge on any atom is 0.426 e. The zero-order valence-electron chi connectivity index (χ0n) is 27.8. The first kappa shape index (κ1) is 44.5. The Kier molecular flexibility index (Phi) is 11.7. The van der Waals surface area contributed by atoms with Crippen molar-refractivity contribution in [3.63, 3.8) is 0 Å². The molecule has 306 valence electrons. The molecule has 3 fully saturated rings. The van der Waals surface area contributed by atoms with E-state index >= 15 is 0 Å². The maximum absolute atomic E-state index is 14.9. The number of rotatable bonds is 10. The van der Waals surface area contributed by atoms with Gasteiger partial charge in [0, 0.05) is 13.0 Å². The maximum atomic E-state index is 14.9. The molecule has 0 spiro atoms. The monoisotopic (exact) mass is 802 g/mol. The summed E-state index contributed by atoms with van der Waals surface area (Å²) < 4.78 is 274. The predicted octanol–water partition coefficient (Wildman–Crippen LogP) is 10.8. The molecule has 52 heavy (non-hydrogen) atoms. The van der Waals surface area contributed by atoms with Crippen LogP contribution in [0.1, 0.15) is 65.2 Å². The number of esters is 1. The summed E-state index contributed by atoms with van der Waals surface area (Å²) in [6.45, 7) is -0.552. The summed E-state index contributed by atoms with van der Waals surface area (Å²) >= 11 is 0. The molecule has 0 aromatic heterocycles. The van der Waals surface area contributed by atoms with Crippen molar-refractivity contribution in [3.05, 3.63) is 0 Å². The quantitative estimate of drug-likeness (QED) is 0.125. The van der Waals surface area contributed by atoms with Crippen LogP contribution in [-0.4, -0.2) is 69.6 Å². The van der Waals surface area contributed by atoms with Crippen molar-refractivity contribution in [2.75, 3.05) is 21.0 Å². The number of hydrogen-bond donors (Lipinski definition) is 0. The van der Waals surface area contributed by atoms with E-state index in [4.69, 9.17) is 0 Å². The third-order valence-corrected chi connectivity index (χ3v) is 12.1. The first-order valence-corrected chi connectivity index (χ1v) is 15.8. The zero-order chi connectivity index (χ0) is 40.5. The summed E-state index contributed by atoms with van der Waals surface area (Å²) in [7, 11) is 1.19. The molecule has 0 amide bonds. The van der Waals surface area contributed by atoms with Crippen molar-refractivity contribution >= 4 is 5.97 Å². The molecule has 0 N–H and O–H groups in total. The van der Waals surface area contributed by atoms with E-state index in [-0.39, 0.29) is 6.92 Å². The van der Waals surface area contributed by atoms with Gasteiger partial charge in [0.1, 0.15) is 6.79 Å². The minimum atomic E-state index is -6.66. The van der Waals surface area contributed by atoms with Gasteiger partial charge < -0.3 is 14.2 Å². The normalized spacial score (nSPS) is 31.1. The third-order valence-electron chi connectivity index (χ3n) is 12.1. The molecule has 0 radical (unpaired) electrons. The summed E-state index contributed by atoms with van der Waals surface area (Å²) in [6.07, 6.45) is -50.4. The number of fused-ring (bicyclic) bond motifs is 2. The SMILES string of the molecule is COCOC(C1CCC(C(CC(C)(CC2C(C)C3CC2C(C(=O)OC)(C(F)(F)F)C3)C(F)(F)F)(C(F)(F)F)C(F)(F)F)CC1)(C(F)(F)F)C(F)(F)F. The van der Waals surface area contributed by atoms with Crippen molar-refractivity contribution in [2.45, 2.75) is 108 Å². The molecule has 0 aromatic carbocycles. The molecule has 0 heterocycles. The van der Waals surface area contributed by atoms with Crippen LogP contribution >= 0.6 is 0 Å². The topological polar surface area (TPSA) is 44.8 Å². The van der Waals surface area contributed by atoms with E-state index in [0.29, 0.717) is 14.2 Å². The molecule has 3 saturated carbocycles. The second-order valence-corrected chi connectivity index (χ2v) is 14.5. The first-order valence-electron chi connectivity index (χ1n) is 15.8. The molecule has 6 unspecified atom stereocenters. The van der Waals surface area contributed by atoms with Gasteiger partial charge >= 0.3 is 43.0 Å². The van der Waals surface area contributed by atoms with Crippen LogP contribution in [0, 0.1) is 51.8 Å². The molecule has 3 rings (SSSR count). The summed E-state index contributed by atoms with van der Waals surface area (Å²) in [5.74, 6) is -14.0. The van der Waals surface area contributed by atoms with Crippen molar-refractivity contribution in [1.82, 2.24) is 0 Å². The number of methoxy groups -OCH3 is 2. The van der Waals surface area contributed by atoms with E-state index in [1.165, 1.54) is 0 Å². The fraction of sp³-hybridized carbons (Fsp3) is 0.967. The second-order valence-electron chi connectivity index (χ2n) is 14.5. The van der Waals surface area contributed by atoms with Crippen molar-refractivity contribution in [3.8, 4) is 0 Å². The molecule has 0 aromatic rings. The van der Waals surface area contributed by atoms with E-state index in [0.717, 1.165) is 6.92 Å². The zero-order valence-corrected chi connectivity index (χ0v) is 27.8. The fourth-order valence-electron chi connectivity index (χ4n) is 9.46. The van der Waals surface area contributed by atoms with Gasteiger partial charge in [0.2, 0.25) is 0 Å². The first-order chi connectivity index (χ1) is 23.2. The van der Waals surface area contributed by atoms with Crippen LogP contribution in [0.15, 0.2) is 0 Å². The molecule has 3 aliphatic rings. The Morgan fingerprint density at radius 3 is 1.50 bits per heavy atom. The fourth-order valence-corrected chi connectivity index (χ4v) is 9.46. The smallest absolute Gasteiger partial charge is 0.426 e. The van der Waals surface area contributed by atoms with E-state index in [1.807, 2.05) is 0 Å². The van der Waals surface area contributed by atoms with Crippen molar-refractivity contribution < 1.29 is 98.0 Å². The van der Waals surface area contributed by atoms with Crippen LogP contribution in [0.2, 0.25) is 0 Å². The summed E-state index contributed by atoms with van der Waals surface area (Å²) in [5.41, 5.74) is -18.1. The molecular formula is C30H36F18O4. The van der Waals surface area contributed by atoms with Crippen LogP contribution in [0.3, 0.4) is 0 Å². The lowest BCUT2D eigenvalue weighted by molar-refractivity contribution is -0.414. The van der Waals surface area contributed by atoms with Gasteiger partial charge in [0.25, 0.3) is 5.60 Å². The van der Waals surface area contributed by atoms with Gasteiger partial charge in [-0.15, -0.1) is 0 Å². The standard InChI is InChI=1S/C30H36F18O4/c1-14-15-9-19(22(10-15,20(49)51-4)26(34,35)36)18(14)11-21(2,25(31,32)33)12-23(27(37,38)39,28(40,41)42)16-5-7-17(8-6-16)24(29(43,44)45,30(46,47)48)52-13-50-3/h14-19H,5-13H2,1-4H3. The van der Waals surface area contributed by atoms with Crippen LogP contribution in [0.25, 0.3) is 0 Å². The van der Waals surface area contributed by atoms with E-state index < -0.39 is 159 Å². The largest absolute Gasteiger partial charge is 0.468 e. The molecule has 4 nitrogen and oxygen atoms in total. The summed E-state index contributed by atoms with van der Waals surface area (Å²) in [4.78, 5) is 12.5. The van der Waals surface area contributed by atoms with Crippen LogP contribution in [0.5, 0.6) is 0 Å². The number of alkyl halides is 18. The Hall–Kier alpha value is -1.87. The Labute approximate surface area is 285 Å². The number of carbonyl (C=O) groups is 1. The van der Waals surface area contributed by atoms with E-state index in [2.05, 4.69) is 14.2 Å². The lowest BCUT2D eigenvalue weighted by Gasteiger charge is -2.52. The highest BCUT2D eigenvalue weighted by Crippen LogP contribution is 2.71. The lowest BCUT2D eigenvalue weighted by atomic mass is 9.55. The van der Waals surface area contributed by atoms with Crippen LogP contribution < -0.4 is 0 Å². The van der Waals surface area contributed by atoms with Gasteiger partial charge in [0.15, 0.2) is 10.8 Å². The molecule has 2 bridgehead atoms. The van der Waals surface area contributed by atoms with Gasteiger partial charge in [-0.1, -0.05) is 13.8 Å². The predicted molar refractivity (Wildman–Crippen MR) is 141 cm³/mol. The molecular weight excluding hydrogens is 766 g/mol. The third kappa shape index (κ3) is 6.83. The van der Waals surface area contributed by atoms with Gasteiger partial charge in [0.05, 0.1) is 12.5 Å². The highest BCUT2D eigenvalue weighted by atomic mass is 19.4. The van der Waals surface area contributed by atoms with Crippen LogP contribution in [0.4, 0.5) is 79.0 Å². The lowest BCUT2D eigenvalue weighted by Crippen LogP contribution is -2.65. The second kappa shape index (κ2) is 13.7. The molecule has 6 atom stereocenters. The average molecular weight is 803 g/mol. The minimum absolute atomic E-state index is 0.0477. The van der Waals surface area contributed by atoms with Crippen molar-refractivity contribution in [1.29, 1.82) is 0 Å². The number of hydrogen-bond acceptors (Lipinski definition) is 4. The number of ether oxygens (including phenoxy) is 3. The highest BCUT2D eigenvalue weighted by Gasteiger charge is 2.80. The Balaban J connectivity index is 2.15. The average Bonchev–Trinajstić information content (AvgIpc) is 3.50. The van der Waals surface area contributed by atoms with Crippen molar-refractivity contribution in [2.24, 2.45) is 51.8 Å². The summed E-state index contributed by atoms with van der Waals surface area (Å²) in [6, 6.07) is 0. The van der Waals surface area contributed by atoms with Gasteiger partial charge in [-0.3, -0.25) is 4.79 Å². The summed E-state index contributed by atoms with van der Waals surface area (Å²) in [5, 5.41) is 0. The molecule has 0 aliphatic heterocycles. The highest BCUT2D eigenvalue weighted by molar-refractivity contribution is 5.79. The Morgan fingerprint density at radius 1 is 0.692 bits per heavy atom. The van der Waals surface area contributed by atoms with E-state index in [9.17, 15) is 83.8 Å². The van der Waals surface area contributed by atoms with Crippen LogP contribution in [-0.2, 0) is 19.0 Å². The minimum Gasteiger partial charge on any atom is -0.468 e. The molecule has 0 saturated heterocycles. The van der Waals surface area contributed by atoms with Gasteiger partial charge in [-0.05, 0) is 81.0 Å². The molecule has 3 aliphatic carbocycles. The van der Waals surface area contributed by atoms with Gasteiger partial charge in [-0.25, -0.2) is 0 Å². The van der Waals surface area contributed by atoms with E-state index in [1.54, 1.807) is 0 Å². The Bertz CT molecular complexity index is 1230. The van der Waals surface area contributed by atoms with Gasteiger partial charge in [-0.2, -0.15) is 79.0 Å².